The third-order valence-electron chi connectivity index (χ3n) is 3.96. The summed E-state index contributed by atoms with van der Waals surface area (Å²) in [6.07, 6.45) is 9.06. The van der Waals surface area contributed by atoms with Gasteiger partial charge in [-0.05, 0) is 61.9 Å². The molecule has 3 rings (SSSR count). The number of hydrogen-bond acceptors (Lipinski definition) is 3. The summed E-state index contributed by atoms with van der Waals surface area (Å²) >= 11 is 1.88. The highest BCUT2D eigenvalue weighted by atomic mass is 32.1. The number of nitrogens with one attached hydrogen (secondary N) is 1. The van der Waals surface area contributed by atoms with Gasteiger partial charge in [0.2, 0.25) is 0 Å². The molecule has 2 heterocycles. The van der Waals surface area contributed by atoms with Gasteiger partial charge >= 0.3 is 0 Å². The van der Waals surface area contributed by atoms with E-state index in [2.05, 4.69) is 23.3 Å². The molecule has 4 heteroatoms. The fourth-order valence-corrected chi connectivity index (χ4v) is 4.27. The zero-order valence-corrected chi connectivity index (χ0v) is 13.2. The van der Waals surface area contributed by atoms with Gasteiger partial charge in [0.05, 0.1) is 12.2 Å². The van der Waals surface area contributed by atoms with Gasteiger partial charge in [-0.2, -0.15) is 0 Å². The maximum atomic E-state index is 13.5. The summed E-state index contributed by atoms with van der Waals surface area (Å²) in [4.78, 5) is 6.82. The van der Waals surface area contributed by atoms with Crippen molar-refractivity contribution < 1.29 is 4.39 Å². The number of rotatable bonds is 5. The van der Waals surface area contributed by atoms with E-state index in [-0.39, 0.29) is 11.9 Å². The molecule has 0 bridgehead atoms. The van der Waals surface area contributed by atoms with Gasteiger partial charge in [-0.1, -0.05) is 6.92 Å². The largest absolute Gasteiger partial charge is 0.306 e. The summed E-state index contributed by atoms with van der Waals surface area (Å²) in [6.45, 7) is 3.07. The predicted molar refractivity (Wildman–Crippen MR) is 85.3 cm³/mol. The Kier molecular flexibility index (Phi) is 4.66. The normalized spacial score (nSPS) is 15.7. The maximum Gasteiger partial charge on any atom is 0.141 e. The fourth-order valence-electron chi connectivity index (χ4n) is 2.91. The lowest BCUT2D eigenvalue weighted by molar-refractivity contribution is 0.585. The molecule has 0 spiro atoms. The molecule has 1 atom stereocenters. The highest BCUT2D eigenvalue weighted by molar-refractivity contribution is 7.12. The molecule has 0 fully saturated rings. The Labute approximate surface area is 129 Å². The van der Waals surface area contributed by atoms with E-state index in [0.717, 1.165) is 18.5 Å². The maximum absolute atomic E-state index is 13.5. The Morgan fingerprint density at radius 3 is 2.90 bits per heavy atom. The van der Waals surface area contributed by atoms with Crippen LogP contribution in [0.5, 0.6) is 0 Å². The summed E-state index contributed by atoms with van der Waals surface area (Å²) in [6, 6.07) is 3.97. The highest BCUT2D eigenvalue weighted by Crippen LogP contribution is 2.35. The molecule has 21 heavy (non-hydrogen) atoms. The Bertz CT molecular complexity index is 585. The van der Waals surface area contributed by atoms with Crippen LogP contribution in [0.1, 0.15) is 53.1 Å². The van der Waals surface area contributed by atoms with Gasteiger partial charge < -0.3 is 5.32 Å². The first-order valence-electron chi connectivity index (χ1n) is 7.73. The average Bonchev–Trinajstić information content (AvgIpc) is 2.91. The van der Waals surface area contributed by atoms with E-state index in [0.29, 0.717) is 0 Å². The molecule has 2 aromatic heterocycles. The van der Waals surface area contributed by atoms with Gasteiger partial charge in [0, 0.05) is 16.0 Å². The Hall–Kier alpha value is -1.26. The molecular formula is C17H21FN2S. The van der Waals surface area contributed by atoms with Gasteiger partial charge in [-0.25, -0.2) is 4.39 Å². The Morgan fingerprint density at radius 1 is 1.29 bits per heavy atom. The van der Waals surface area contributed by atoms with Crippen LogP contribution < -0.4 is 5.32 Å². The summed E-state index contributed by atoms with van der Waals surface area (Å²) < 4.78 is 13.5. The second kappa shape index (κ2) is 6.67. The van der Waals surface area contributed by atoms with Gasteiger partial charge in [0.15, 0.2) is 0 Å². The number of nitrogens with zero attached hydrogens (tertiary/aromatic N) is 1. The van der Waals surface area contributed by atoms with E-state index >= 15 is 0 Å². The van der Waals surface area contributed by atoms with Crippen LogP contribution in [0.2, 0.25) is 0 Å². The number of aromatic nitrogens is 1. The van der Waals surface area contributed by atoms with E-state index in [9.17, 15) is 4.39 Å². The van der Waals surface area contributed by atoms with Crippen molar-refractivity contribution in [1.82, 2.24) is 10.3 Å². The smallest absolute Gasteiger partial charge is 0.141 e. The van der Waals surface area contributed by atoms with Crippen LogP contribution in [0.3, 0.4) is 0 Å². The van der Waals surface area contributed by atoms with E-state index in [4.69, 9.17) is 0 Å². The first kappa shape index (κ1) is 14.7. The van der Waals surface area contributed by atoms with Crippen LogP contribution in [0, 0.1) is 5.82 Å². The minimum atomic E-state index is -0.267. The molecule has 0 aromatic carbocycles. The van der Waals surface area contributed by atoms with Gasteiger partial charge in [0.1, 0.15) is 5.82 Å². The lowest BCUT2D eigenvalue weighted by Crippen LogP contribution is -2.22. The summed E-state index contributed by atoms with van der Waals surface area (Å²) in [5, 5.41) is 3.54. The highest BCUT2D eigenvalue weighted by Gasteiger charge is 2.20. The molecule has 2 aromatic rings. The number of pyridine rings is 1. The zero-order chi connectivity index (χ0) is 14.7. The average molecular weight is 304 g/mol. The lowest BCUT2D eigenvalue weighted by atomic mass is 9.98. The summed E-state index contributed by atoms with van der Waals surface area (Å²) in [5.74, 6) is -0.267. The first-order chi connectivity index (χ1) is 10.3. The van der Waals surface area contributed by atoms with Crippen LogP contribution in [0.15, 0.2) is 24.5 Å². The number of hydrogen-bond donors (Lipinski definition) is 1. The monoisotopic (exact) mass is 304 g/mol. The molecule has 112 valence electrons. The van der Waals surface area contributed by atoms with Crippen LogP contribution in [-0.2, 0) is 12.8 Å². The van der Waals surface area contributed by atoms with Crippen molar-refractivity contribution in [1.29, 1.82) is 0 Å². The number of halogens is 1. The van der Waals surface area contributed by atoms with Crippen molar-refractivity contribution in [3.63, 3.8) is 0 Å². The van der Waals surface area contributed by atoms with E-state index in [1.807, 2.05) is 11.3 Å². The van der Waals surface area contributed by atoms with E-state index in [1.165, 1.54) is 47.2 Å². The third-order valence-corrected chi connectivity index (χ3v) is 5.26. The molecule has 1 unspecified atom stereocenters. The predicted octanol–water partition coefficient (Wildman–Crippen LogP) is 4.25. The Morgan fingerprint density at radius 2 is 2.14 bits per heavy atom. The topological polar surface area (TPSA) is 24.9 Å². The minimum Gasteiger partial charge on any atom is -0.306 e. The van der Waals surface area contributed by atoms with Gasteiger partial charge in [-0.3, -0.25) is 4.98 Å². The van der Waals surface area contributed by atoms with Crippen molar-refractivity contribution >= 4 is 11.3 Å². The Balaban J connectivity index is 1.93. The number of aryl methyl sites for hydroxylation is 2. The van der Waals surface area contributed by atoms with Crippen LogP contribution in [-0.4, -0.2) is 11.5 Å². The minimum absolute atomic E-state index is 0.0590. The lowest BCUT2D eigenvalue weighted by Gasteiger charge is -2.17. The molecular weight excluding hydrogens is 283 g/mol. The van der Waals surface area contributed by atoms with E-state index in [1.54, 1.807) is 12.3 Å². The molecule has 1 aliphatic carbocycles. The zero-order valence-electron chi connectivity index (χ0n) is 12.4. The SMILES string of the molecule is CCCNC(c1cncc(F)c1)c1cc2c(s1)CCCC2. The molecule has 0 radical (unpaired) electrons. The second-order valence-electron chi connectivity index (χ2n) is 5.63. The molecule has 0 amide bonds. The second-order valence-corrected chi connectivity index (χ2v) is 6.80. The van der Waals surface area contributed by atoms with E-state index < -0.39 is 0 Å². The van der Waals surface area contributed by atoms with Crippen molar-refractivity contribution in [2.75, 3.05) is 6.54 Å². The van der Waals surface area contributed by atoms with Crippen LogP contribution in [0.25, 0.3) is 0 Å². The van der Waals surface area contributed by atoms with Crippen molar-refractivity contribution in [3.05, 3.63) is 51.2 Å². The van der Waals surface area contributed by atoms with Crippen LogP contribution >= 0.6 is 11.3 Å². The van der Waals surface area contributed by atoms with Gasteiger partial charge in [0.25, 0.3) is 0 Å². The standard InChI is InChI=1S/C17H21FN2S/c1-2-7-20-17(13-8-14(18)11-19-10-13)16-9-12-5-3-4-6-15(12)21-16/h8-11,17,20H,2-7H2,1H3. The third kappa shape index (κ3) is 3.33. The quantitative estimate of drug-likeness (QED) is 0.893. The number of fused-ring (bicyclic) bond motifs is 1. The number of thiophene rings is 1. The van der Waals surface area contributed by atoms with Crippen LogP contribution in [0.4, 0.5) is 4.39 Å². The van der Waals surface area contributed by atoms with Gasteiger partial charge in [-0.15, -0.1) is 11.3 Å². The molecule has 1 N–H and O–H groups in total. The molecule has 1 aliphatic rings. The van der Waals surface area contributed by atoms with Crippen molar-refractivity contribution in [2.45, 2.75) is 45.1 Å². The van der Waals surface area contributed by atoms with Crippen molar-refractivity contribution in [2.24, 2.45) is 0 Å². The first-order valence-corrected chi connectivity index (χ1v) is 8.55. The molecule has 0 saturated carbocycles. The molecule has 0 saturated heterocycles. The summed E-state index contributed by atoms with van der Waals surface area (Å²) in [7, 11) is 0. The summed E-state index contributed by atoms with van der Waals surface area (Å²) in [5.41, 5.74) is 2.41. The molecule has 0 aliphatic heterocycles. The van der Waals surface area contributed by atoms with Crippen molar-refractivity contribution in [3.8, 4) is 0 Å². The fraction of sp³-hybridized carbons (Fsp3) is 0.471. The molecule has 2 nitrogen and oxygen atoms in total.